The zero-order valence-electron chi connectivity index (χ0n) is 20.9. The molecule has 0 aliphatic rings. The minimum atomic E-state index is -0.928. The molecule has 0 fully saturated rings. The summed E-state index contributed by atoms with van der Waals surface area (Å²) < 4.78 is 19.5. The fourth-order valence-corrected chi connectivity index (χ4v) is 4.50. The molecule has 0 saturated carbocycles. The minimum absolute atomic E-state index is 0.0223. The average Bonchev–Trinajstić information content (AvgIpc) is 2.88. The topological polar surface area (TPSA) is 117 Å². The molecule has 1 heterocycles. The van der Waals surface area contributed by atoms with Gasteiger partial charge in [0.15, 0.2) is 5.75 Å². The first-order valence-corrected chi connectivity index (χ1v) is 13.7. The van der Waals surface area contributed by atoms with Crippen LogP contribution in [0.3, 0.4) is 0 Å². The van der Waals surface area contributed by atoms with Crippen LogP contribution in [0.15, 0.2) is 74.5 Å². The number of anilines is 3. The number of fused-ring (bicyclic) bond motifs is 1. The van der Waals surface area contributed by atoms with Crippen molar-refractivity contribution in [2.75, 3.05) is 36.1 Å². The van der Waals surface area contributed by atoms with Crippen LogP contribution in [0.25, 0.3) is 10.8 Å². The van der Waals surface area contributed by atoms with E-state index in [1.807, 2.05) is 19.1 Å². The van der Waals surface area contributed by atoms with Crippen molar-refractivity contribution < 1.29 is 14.2 Å². The number of halogens is 1. The largest absolute Gasteiger partial charge is 0.505 e. The summed E-state index contributed by atoms with van der Waals surface area (Å²) in [5.41, 5.74) is 2.43. The number of rotatable bonds is 12. The summed E-state index contributed by atoms with van der Waals surface area (Å²) in [6.07, 6.45) is -0.928. The molecule has 3 N–H and O–H groups in total. The quantitative estimate of drug-likeness (QED) is 0.0674. The third kappa shape index (κ3) is 7.82. The molecule has 0 saturated heterocycles. The molecule has 0 aliphatic heterocycles. The molecule has 9 nitrogen and oxygen atoms in total. The molecule has 0 aliphatic carbocycles. The molecule has 39 heavy (non-hydrogen) atoms. The number of aryl methyl sites for hydroxylation is 1. The van der Waals surface area contributed by atoms with Crippen molar-refractivity contribution in [3.63, 3.8) is 0 Å². The van der Waals surface area contributed by atoms with E-state index in [0.29, 0.717) is 51.7 Å². The van der Waals surface area contributed by atoms with Crippen molar-refractivity contribution in [1.82, 2.24) is 15.0 Å². The van der Waals surface area contributed by atoms with Gasteiger partial charge in [-0.05, 0) is 59.7 Å². The van der Waals surface area contributed by atoms with Crippen molar-refractivity contribution in [2.45, 2.75) is 16.7 Å². The second-order valence-corrected chi connectivity index (χ2v) is 10.2. The smallest absolute Gasteiger partial charge is 0.315 e. The van der Waals surface area contributed by atoms with Crippen LogP contribution in [0.4, 0.5) is 33.3 Å². The van der Waals surface area contributed by atoms with Gasteiger partial charge >= 0.3 is 6.08 Å². The highest BCUT2D eigenvalue weighted by atomic mass is 32.2. The Morgan fingerprint density at radius 1 is 1.05 bits per heavy atom. The number of aromatic nitrogens is 3. The SMILES string of the molecule is C=CSCCOCCNc1nc(F)nc(Nc2ccc3c(O)c(N=Nc4ccc(C)cc4S)c(S)cc3c2)n1. The Morgan fingerprint density at radius 3 is 2.67 bits per heavy atom. The van der Waals surface area contributed by atoms with Crippen molar-refractivity contribution in [3.8, 4) is 5.75 Å². The first-order valence-electron chi connectivity index (χ1n) is 11.8. The van der Waals surface area contributed by atoms with E-state index in [2.05, 4.69) is 67.7 Å². The molecule has 0 spiro atoms. The Hall–Kier alpha value is -3.39. The number of ether oxygens (including phenoxy) is 1. The number of phenols is 1. The maximum absolute atomic E-state index is 14.0. The Labute approximate surface area is 240 Å². The highest BCUT2D eigenvalue weighted by Crippen LogP contribution is 2.42. The van der Waals surface area contributed by atoms with Crippen molar-refractivity contribution in [3.05, 3.63) is 66.1 Å². The minimum Gasteiger partial charge on any atom is -0.505 e. The standard InChI is InChI=1S/C26H26FN7O2S3/c1-3-39-11-10-36-9-8-28-25-30-24(27)31-26(32-25)29-17-5-6-18-16(13-17)14-21(38)22(23(18)35)34-33-19-7-4-15(2)12-20(19)37/h3-7,12-14,35,37-38H,1,8-11H2,2H3,(H2,28,29,30,31,32). The van der Waals surface area contributed by atoms with Crippen LogP contribution in [-0.2, 0) is 4.74 Å². The monoisotopic (exact) mass is 583 g/mol. The predicted octanol–water partition coefficient (Wildman–Crippen LogP) is 7.22. The Morgan fingerprint density at radius 2 is 1.87 bits per heavy atom. The third-order valence-corrected chi connectivity index (χ3v) is 6.65. The molecule has 1 aromatic heterocycles. The zero-order chi connectivity index (χ0) is 27.8. The van der Waals surface area contributed by atoms with Crippen LogP contribution in [0.2, 0.25) is 0 Å². The lowest BCUT2D eigenvalue weighted by atomic mass is 10.1. The summed E-state index contributed by atoms with van der Waals surface area (Å²) in [5.74, 6) is 0.849. The lowest BCUT2D eigenvalue weighted by Gasteiger charge is -2.11. The van der Waals surface area contributed by atoms with Crippen LogP contribution in [0.1, 0.15) is 5.56 Å². The maximum Gasteiger partial charge on any atom is 0.315 e. The van der Waals surface area contributed by atoms with Crippen LogP contribution >= 0.6 is 37.0 Å². The molecule has 0 bridgehead atoms. The molecule has 202 valence electrons. The second-order valence-electron chi connectivity index (χ2n) is 8.17. The molecule has 4 aromatic rings. The number of hydrogen-bond donors (Lipinski definition) is 5. The lowest BCUT2D eigenvalue weighted by molar-refractivity contribution is 0.160. The molecular weight excluding hydrogens is 558 g/mol. The summed E-state index contributed by atoms with van der Waals surface area (Å²) >= 11 is 10.5. The van der Waals surface area contributed by atoms with Gasteiger partial charge in [-0.3, -0.25) is 0 Å². The summed E-state index contributed by atoms with van der Waals surface area (Å²) in [5, 5.41) is 28.2. The number of aromatic hydroxyl groups is 1. The number of benzene rings is 3. The normalized spacial score (nSPS) is 11.3. The summed E-state index contributed by atoms with van der Waals surface area (Å²) in [6.45, 7) is 6.99. The van der Waals surface area contributed by atoms with Crippen molar-refractivity contribution >= 4 is 76.8 Å². The van der Waals surface area contributed by atoms with Crippen molar-refractivity contribution in [1.29, 1.82) is 0 Å². The molecule has 0 unspecified atom stereocenters. The second kappa shape index (κ2) is 13.6. The number of thioether (sulfide) groups is 1. The molecule has 13 heteroatoms. The Kier molecular flexibility index (Phi) is 9.98. The van der Waals surface area contributed by atoms with Crippen LogP contribution in [0.5, 0.6) is 5.75 Å². The highest BCUT2D eigenvalue weighted by molar-refractivity contribution is 8.02. The fraction of sp³-hybridized carbons (Fsp3) is 0.192. The van der Waals surface area contributed by atoms with E-state index < -0.39 is 6.08 Å². The number of azo groups is 1. The van der Waals surface area contributed by atoms with Gasteiger partial charge in [-0.25, -0.2) is 0 Å². The Balaban J connectivity index is 1.47. The summed E-state index contributed by atoms with van der Waals surface area (Å²) in [4.78, 5) is 12.7. The average molecular weight is 584 g/mol. The van der Waals surface area contributed by atoms with E-state index in [9.17, 15) is 9.50 Å². The third-order valence-electron chi connectivity index (χ3n) is 5.31. The van der Waals surface area contributed by atoms with Gasteiger partial charge in [0.1, 0.15) is 5.69 Å². The molecular formula is C26H26FN7O2S3. The predicted molar refractivity (Wildman–Crippen MR) is 161 cm³/mol. The van der Waals surface area contributed by atoms with E-state index >= 15 is 0 Å². The van der Waals surface area contributed by atoms with Crippen LogP contribution in [-0.4, -0.2) is 45.6 Å². The molecule has 0 radical (unpaired) electrons. The van der Waals surface area contributed by atoms with Gasteiger partial charge in [0.2, 0.25) is 11.9 Å². The number of nitrogens with one attached hydrogen (secondary N) is 2. The van der Waals surface area contributed by atoms with E-state index in [4.69, 9.17) is 4.74 Å². The number of hydrogen-bond acceptors (Lipinski definition) is 12. The van der Waals surface area contributed by atoms with Crippen LogP contribution < -0.4 is 10.6 Å². The molecule has 0 amide bonds. The zero-order valence-corrected chi connectivity index (χ0v) is 23.5. The maximum atomic E-state index is 14.0. The molecule has 3 aromatic carbocycles. The van der Waals surface area contributed by atoms with Gasteiger partial charge < -0.3 is 20.5 Å². The Bertz CT molecular complexity index is 1520. The fourth-order valence-electron chi connectivity index (χ4n) is 3.50. The van der Waals surface area contributed by atoms with E-state index in [1.54, 1.807) is 47.5 Å². The van der Waals surface area contributed by atoms with Gasteiger partial charge in [-0.15, -0.1) is 47.2 Å². The first-order chi connectivity index (χ1) is 18.8. The van der Waals surface area contributed by atoms with Crippen molar-refractivity contribution in [2.24, 2.45) is 10.2 Å². The van der Waals surface area contributed by atoms with E-state index in [0.717, 1.165) is 11.3 Å². The van der Waals surface area contributed by atoms with Gasteiger partial charge in [0.05, 0.1) is 18.9 Å². The van der Waals surface area contributed by atoms with Crippen LogP contribution in [0, 0.1) is 13.0 Å². The highest BCUT2D eigenvalue weighted by Gasteiger charge is 2.13. The number of nitrogens with zero attached hydrogens (tertiary/aromatic N) is 5. The van der Waals surface area contributed by atoms with Gasteiger partial charge in [0.25, 0.3) is 0 Å². The number of phenolic OH excluding ortho intramolecular Hbond substituents is 1. The summed E-state index contributed by atoms with van der Waals surface area (Å²) in [6, 6.07) is 12.5. The molecule has 4 rings (SSSR count). The van der Waals surface area contributed by atoms with Gasteiger partial charge in [0, 0.05) is 33.2 Å². The summed E-state index contributed by atoms with van der Waals surface area (Å²) in [7, 11) is 0. The lowest BCUT2D eigenvalue weighted by Crippen LogP contribution is -2.14. The van der Waals surface area contributed by atoms with Gasteiger partial charge in [-0.1, -0.05) is 12.6 Å². The van der Waals surface area contributed by atoms with Gasteiger partial charge in [-0.2, -0.15) is 19.3 Å². The number of thiol groups is 2. The first kappa shape index (κ1) is 28.6. The van der Waals surface area contributed by atoms with E-state index in [-0.39, 0.29) is 23.3 Å². The van der Waals surface area contributed by atoms with E-state index in [1.165, 1.54) is 0 Å². The molecule has 0 atom stereocenters.